The predicted molar refractivity (Wildman–Crippen MR) is 47.6 cm³/mol. The van der Waals surface area contributed by atoms with Crippen molar-refractivity contribution in [3.05, 3.63) is 23.5 Å². The third-order valence-electron chi connectivity index (χ3n) is 0.786. The zero-order valence-corrected chi connectivity index (χ0v) is 6.69. The summed E-state index contributed by atoms with van der Waals surface area (Å²) >= 11 is 1.46. The monoisotopic (exact) mass is 157 g/mol. The molecule has 0 aliphatic carbocycles. The fraction of sp³-hybridized carbons (Fsp3) is 0.167. The zero-order valence-electron chi connectivity index (χ0n) is 5.87. The smallest absolute Gasteiger partial charge is 0.0886 e. The van der Waals surface area contributed by atoms with Gasteiger partial charge in [-0.3, -0.25) is 0 Å². The molecule has 4 heteroatoms. The van der Waals surface area contributed by atoms with Crippen LogP contribution in [0.2, 0.25) is 0 Å². The highest BCUT2D eigenvalue weighted by Crippen LogP contribution is 2.07. The predicted octanol–water partition coefficient (Wildman–Crippen LogP) is 0.650. The highest BCUT2D eigenvalue weighted by molar-refractivity contribution is 8.02. The SMILES string of the molecule is C=C(N=C/C(N)=C\N)SC. The molecule has 0 atom stereocenters. The average molecular weight is 157 g/mol. The van der Waals surface area contributed by atoms with E-state index in [1.807, 2.05) is 6.26 Å². The van der Waals surface area contributed by atoms with E-state index in [4.69, 9.17) is 11.5 Å². The van der Waals surface area contributed by atoms with Crippen LogP contribution in [0.1, 0.15) is 0 Å². The minimum atomic E-state index is 0.440. The maximum absolute atomic E-state index is 5.31. The van der Waals surface area contributed by atoms with Crippen molar-refractivity contribution in [3.8, 4) is 0 Å². The lowest BCUT2D eigenvalue weighted by Gasteiger charge is -1.90. The lowest BCUT2D eigenvalue weighted by Crippen LogP contribution is -2.01. The molecule has 0 saturated heterocycles. The minimum absolute atomic E-state index is 0.440. The van der Waals surface area contributed by atoms with Gasteiger partial charge in [-0.25, -0.2) is 4.99 Å². The lowest BCUT2D eigenvalue weighted by atomic mass is 10.5. The topological polar surface area (TPSA) is 64.4 Å². The molecular weight excluding hydrogens is 146 g/mol. The van der Waals surface area contributed by atoms with E-state index >= 15 is 0 Å². The summed E-state index contributed by atoms with van der Waals surface area (Å²) in [7, 11) is 0. The summed E-state index contributed by atoms with van der Waals surface area (Å²) in [5, 5.41) is 0.713. The first-order chi connectivity index (χ1) is 4.70. The zero-order chi connectivity index (χ0) is 7.98. The van der Waals surface area contributed by atoms with Gasteiger partial charge in [0.05, 0.1) is 16.9 Å². The number of hydrogen-bond donors (Lipinski definition) is 2. The van der Waals surface area contributed by atoms with Crippen molar-refractivity contribution >= 4 is 18.0 Å². The van der Waals surface area contributed by atoms with Gasteiger partial charge < -0.3 is 11.5 Å². The van der Waals surface area contributed by atoms with Gasteiger partial charge >= 0.3 is 0 Å². The molecule has 0 fully saturated rings. The third-order valence-corrected chi connectivity index (χ3v) is 1.36. The molecule has 0 aliphatic heterocycles. The molecule has 0 heterocycles. The van der Waals surface area contributed by atoms with Crippen LogP contribution in [0.5, 0.6) is 0 Å². The van der Waals surface area contributed by atoms with Crippen LogP contribution < -0.4 is 11.5 Å². The quantitative estimate of drug-likeness (QED) is 0.591. The first-order valence-corrected chi connectivity index (χ1v) is 3.87. The molecule has 0 aromatic heterocycles. The molecule has 0 rings (SSSR count). The van der Waals surface area contributed by atoms with E-state index in [0.717, 1.165) is 0 Å². The third kappa shape index (κ3) is 4.03. The Hall–Kier alpha value is -0.900. The number of allylic oxidation sites excluding steroid dienone is 1. The molecule has 3 nitrogen and oxygen atoms in total. The van der Waals surface area contributed by atoms with Gasteiger partial charge in [0.2, 0.25) is 0 Å². The van der Waals surface area contributed by atoms with Crippen molar-refractivity contribution in [2.75, 3.05) is 6.26 Å². The normalized spacial score (nSPS) is 12.3. The first kappa shape index (κ1) is 9.10. The van der Waals surface area contributed by atoms with Crippen molar-refractivity contribution in [2.24, 2.45) is 16.5 Å². The second-order valence-corrected chi connectivity index (χ2v) is 2.40. The molecule has 0 spiro atoms. The van der Waals surface area contributed by atoms with Crippen molar-refractivity contribution in [1.29, 1.82) is 0 Å². The maximum Gasteiger partial charge on any atom is 0.0886 e. The van der Waals surface area contributed by atoms with Crippen LogP contribution in [0, 0.1) is 0 Å². The van der Waals surface area contributed by atoms with Crippen LogP contribution in [0.15, 0.2) is 28.5 Å². The Labute approximate surface area is 64.9 Å². The number of rotatable bonds is 3. The van der Waals surface area contributed by atoms with Crippen molar-refractivity contribution in [2.45, 2.75) is 0 Å². The molecule has 0 radical (unpaired) electrons. The van der Waals surface area contributed by atoms with Gasteiger partial charge in [0.15, 0.2) is 0 Å². The standard InChI is InChI=1S/C6H11N3S/c1-5(10-2)9-4-6(8)3-7/h3-4H,1,7-8H2,2H3/b6-3+,9-4?. The molecule has 0 bridgehead atoms. The molecule has 10 heavy (non-hydrogen) atoms. The number of aliphatic imine (C=N–C) groups is 1. The summed E-state index contributed by atoms with van der Waals surface area (Å²) in [5.74, 6) is 0. The van der Waals surface area contributed by atoms with E-state index in [2.05, 4.69) is 11.6 Å². The summed E-state index contributed by atoms with van der Waals surface area (Å²) in [6.07, 6.45) is 4.65. The number of hydrogen-bond acceptors (Lipinski definition) is 4. The second-order valence-electron chi connectivity index (χ2n) is 1.52. The molecule has 0 aromatic carbocycles. The van der Waals surface area contributed by atoms with Crippen LogP contribution in [-0.4, -0.2) is 12.5 Å². The van der Waals surface area contributed by atoms with Gasteiger partial charge in [0, 0.05) is 6.20 Å². The Bertz CT molecular complexity index is 172. The van der Waals surface area contributed by atoms with E-state index in [1.165, 1.54) is 24.2 Å². The molecule has 0 saturated carbocycles. The van der Waals surface area contributed by atoms with Gasteiger partial charge in [-0.05, 0) is 6.26 Å². The van der Waals surface area contributed by atoms with E-state index in [0.29, 0.717) is 10.7 Å². The van der Waals surface area contributed by atoms with E-state index in [-0.39, 0.29) is 0 Å². The van der Waals surface area contributed by atoms with Crippen LogP contribution in [0.25, 0.3) is 0 Å². The number of nitrogens with two attached hydrogens (primary N) is 2. The summed E-state index contributed by atoms with van der Waals surface area (Å²) in [6, 6.07) is 0. The van der Waals surface area contributed by atoms with E-state index in [9.17, 15) is 0 Å². The van der Waals surface area contributed by atoms with Crippen molar-refractivity contribution < 1.29 is 0 Å². The molecule has 0 aliphatic rings. The Balaban J connectivity index is 3.88. The van der Waals surface area contributed by atoms with Gasteiger partial charge in [-0.1, -0.05) is 6.58 Å². The fourth-order valence-electron chi connectivity index (χ4n) is 0.242. The Kier molecular flexibility index (Phi) is 4.49. The maximum atomic E-state index is 5.31. The van der Waals surface area contributed by atoms with Crippen LogP contribution in [0.4, 0.5) is 0 Å². The van der Waals surface area contributed by atoms with Crippen LogP contribution in [-0.2, 0) is 0 Å². The van der Waals surface area contributed by atoms with Gasteiger partial charge in [0.1, 0.15) is 0 Å². The van der Waals surface area contributed by atoms with E-state index < -0.39 is 0 Å². The molecule has 56 valence electrons. The Morgan fingerprint density at radius 2 is 2.30 bits per heavy atom. The molecule has 0 amide bonds. The van der Waals surface area contributed by atoms with Crippen LogP contribution >= 0.6 is 11.8 Å². The van der Waals surface area contributed by atoms with Gasteiger partial charge in [-0.15, -0.1) is 11.8 Å². The summed E-state index contributed by atoms with van der Waals surface area (Å²) in [6.45, 7) is 3.62. The highest BCUT2D eigenvalue weighted by atomic mass is 32.2. The van der Waals surface area contributed by atoms with Gasteiger partial charge in [-0.2, -0.15) is 0 Å². The van der Waals surface area contributed by atoms with Crippen LogP contribution in [0.3, 0.4) is 0 Å². The second kappa shape index (κ2) is 4.93. The molecule has 4 N–H and O–H groups in total. The van der Waals surface area contributed by atoms with E-state index in [1.54, 1.807) is 0 Å². The van der Waals surface area contributed by atoms with Gasteiger partial charge in [0.25, 0.3) is 0 Å². The summed E-state index contributed by atoms with van der Waals surface area (Å²) < 4.78 is 0. The van der Waals surface area contributed by atoms with Crippen molar-refractivity contribution in [1.82, 2.24) is 0 Å². The Morgan fingerprint density at radius 3 is 2.70 bits per heavy atom. The number of thioether (sulfide) groups is 1. The number of nitrogens with zero attached hydrogens (tertiary/aromatic N) is 1. The van der Waals surface area contributed by atoms with Crippen molar-refractivity contribution in [3.63, 3.8) is 0 Å². The molecule has 0 aromatic rings. The summed E-state index contributed by atoms with van der Waals surface area (Å²) in [4.78, 5) is 3.88. The highest BCUT2D eigenvalue weighted by Gasteiger charge is 1.82. The Morgan fingerprint density at radius 1 is 1.70 bits per heavy atom. The first-order valence-electron chi connectivity index (χ1n) is 2.65. The average Bonchev–Trinajstić information content (AvgIpc) is 1.99. The molecular formula is C6H11N3S. The lowest BCUT2D eigenvalue weighted by molar-refractivity contribution is 1.41. The largest absolute Gasteiger partial charge is 0.403 e. The fourth-order valence-corrected chi connectivity index (χ4v) is 0.400. The molecule has 0 unspecified atom stereocenters. The minimum Gasteiger partial charge on any atom is -0.403 e. The summed E-state index contributed by atoms with van der Waals surface area (Å²) in [5.41, 5.74) is 10.8.